The van der Waals surface area contributed by atoms with E-state index in [1.165, 1.54) is 0 Å². The van der Waals surface area contributed by atoms with Crippen LogP contribution >= 0.6 is 0 Å². The van der Waals surface area contributed by atoms with Gasteiger partial charge in [0.05, 0.1) is 18.0 Å². The molecule has 1 aliphatic heterocycles. The molecular formula is C15H12N2O2. The lowest BCUT2D eigenvalue weighted by Crippen LogP contribution is -2.06. The Kier molecular flexibility index (Phi) is 2.83. The summed E-state index contributed by atoms with van der Waals surface area (Å²) >= 11 is 0. The van der Waals surface area contributed by atoms with Crippen molar-refractivity contribution in [2.45, 2.75) is 6.92 Å². The van der Waals surface area contributed by atoms with Crippen molar-refractivity contribution in [1.29, 1.82) is 0 Å². The molecule has 0 fully saturated rings. The zero-order valence-electron chi connectivity index (χ0n) is 10.5. The number of hydrogen-bond donors (Lipinski definition) is 0. The van der Waals surface area contributed by atoms with Gasteiger partial charge in [0, 0.05) is 5.39 Å². The number of rotatable bonds is 2. The third-order valence-corrected chi connectivity index (χ3v) is 2.89. The summed E-state index contributed by atoms with van der Waals surface area (Å²) in [5.74, 6) is -0.362. The second-order valence-electron chi connectivity index (χ2n) is 4.11. The van der Waals surface area contributed by atoms with Crippen molar-refractivity contribution in [1.82, 2.24) is 9.97 Å². The number of hydrogen-bond acceptors (Lipinski definition) is 4. The van der Waals surface area contributed by atoms with Crippen molar-refractivity contribution in [2.24, 2.45) is 0 Å². The number of imidazole rings is 1. The molecule has 0 N–H and O–H groups in total. The monoisotopic (exact) mass is 252 g/mol. The topological polar surface area (TPSA) is 52.1 Å². The lowest BCUT2D eigenvalue weighted by Gasteiger charge is -1.95. The minimum Gasteiger partial charge on any atom is -0.460 e. The van der Waals surface area contributed by atoms with Crippen LogP contribution in [0.3, 0.4) is 0 Å². The minimum atomic E-state index is -0.481. The van der Waals surface area contributed by atoms with Crippen LogP contribution in [0.5, 0.6) is 0 Å². The van der Waals surface area contributed by atoms with Crippen LogP contribution in [0.4, 0.5) is 0 Å². The summed E-state index contributed by atoms with van der Waals surface area (Å²) in [6.45, 7) is 2.08. The van der Waals surface area contributed by atoms with Crippen LogP contribution < -0.4 is 0 Å². The fourth-order valence-electron chi connectivity index (χ4n) is 2.06. The minimum absolute atomic E-state index is 0.119. The van der Waals surface area contributed by atoms with Gasteiger partial charge in [-0.05, 0) is 18.4 Å². The molecule has 0 aromatic heterocycles. The van der Waals surface area contributed by atoms with E-state index in [-0.39, 0.29) is 5.82 Å². The Morgan fingerprint density at radius 1 is 1.11 bits per heavy atom. The predicted molar refractivity (Wildman–Crippen MR) is 72.1 cm³/mol. The van der Waals surface area contributed by atoms with Gasteiger partial charge in [-0.3, -0.25) is 0 Å². The van der Waals surface area contributed by atoms with E-state index in [1.54, 1.807) is 6.92 Å². The normalized spacial score (nSPS) is 10.8. The molecule has 4 heteroatoms. The first kappa shape index (κ1) is 11.6. The zero-order chi connectivity index (χ0) is 13.2. The van der Waals surface area contributed by atoms with Gasteiger partial charge >= 0.3 is 5.97 Å². The molecule has 1 aromatic carbocycles. The van der Waals surface area contributed by atoms with E-state index < -0.39 is 5.97 Å². The standard InChI is InChI=1S/C15H12N2O2/c1-2-19-15(18)14-16-12-9-5-7-10-6-3-4-8-11(10)13(12)17-14/h3-9H,2H2,1H3. The maximum Gasteiger partial charge on any atom is 0.376 e. The van der Waals surface area contributed by atoms with Crippen molar-refractivity contribution < 1.29 is 9.53 Å². The van der Waals surface area contributed by atoms with Crippen LogP contribution in [0, 0.1) is 0 Å². The smallest absolute Gasteiger partial charge is 0.376 e. The van der Waals surface area contributed by atoms with E-state index >= 15 is 0 Å². The highest BCUT2D eigenvalue weighted by atomic mass is 16.5. The van der Waals surface area contributed by atoms with Gasteiger partial charge in [0.1, 0.15) is 0 Å². The van der Waals surface area contributed by atoms with Crippen molar-refractivity contribution in [3.8, 4) is 11.4 Å². The molecule has 2 aliphatic rings. The number of carbonyl (C=O) groups excluding carboxylic acids is 1. The van der Waals surface area contributed by atoms with Crippen molar-refractivity contribution in [2.75, 3.05) is 6.61 Å². The first-order chi connectivity index (χ1) is 9.29. The fraction of sp³-hybridized carbons (Fsp3) is 0.133. The second kappa shape index (κ2) is 4.65. The average molecular weight is 252 g/mol. The zero-order valence-corrected chi connectivity index (χ0v) is 10.5. The molecule has 0 radical (unpaired) electrons. The summed E-state index contributed by atoms with van der Waals surface area (Å²) in [4.78, 5) is 20.2. The first-order valence-electron chi connectivity index (χ1n) is 6.12. The summed E-state index contributed by atoms with van der Waals surface area (Å²) in [7, 11) is 0. The second-order valence-corrected chi connectivity index (χ2v) is 4.11. The van der Waals surface area contributed by atoms with E-state index in [9.17, 15) is 4.79 Å². The third kappa shape index (κ3) is 2.01. The summed E-state index contributed by atoms with van der Waals surface area (Å²) < 4.78 is 4.93. The largest absolute Gasteiger partial charge is 0.460 e. The van der Waals surface area contributed by atoms with E-state index in [0.29, 0.717) is 12.3 Å². The van der Waals surface area contributed by atoms with Gasteiger partial charge in [0.15, 0.2) is 0 Å². The van der Waals surface area contributed by atoms with E-state index in [1.807, 2.05) is 42.5 Å². The van der Waals surface area contributed by atoms with Crippen molar-refractivity contribution in [3.63, 3.8) is 0 Å². The maximum atomic E-state index is 11.7. The summed E-state index contributed by atoms with van der Waals surface area (Å²) in [6, 6.07) is 13.7. The van der Waals surface area contributed by atoms with Gasteiger partial charge in [0.25, 0.3) is 0 Å². The quantitative estimate of drug-likeness (QED) is 0.658. The molecule has 0 atom stereocenters. The highest BCUT2D eigenvalue weighted by Gasteiger charge is 2.18. The highest BCUT2D eigenvalue weighted by molar-refractivity contribution is 5.96. The molecule has 94 valence electrons. The molecule has 1 heterocycles. The maximum absolute atomic E-state index is 11.7. The summed E-state index contributed by atoms with van der Waals surface area (Å²) in [5.41, 5.74) is 1.42. The average Bonchev–Trinajstić information content (AvgIpc) is 2.77. The number of nitrogens with zero attached hydrogens (tertiary/aromatic N) is 2. The number of carbonyl (C=O) groups is 1. The van der Waals surface area contributed by atoms with Crippen LogP contribution in [0.2, 0.25) is 0 Å². The van der Waals surface area contributed by atoms with E-state index in [2.05, 4.69) is 9.97 Å². The lowest BCUT2D eigenvalue weighted by atomic mass is 10.1. The Morgan fingerprint density at radius 2 is 1.89 bits per heavy atom. The predicted octanol–water partition coefficient (Wildman–Crippen LogP) is 2.91. The Morgan fingerprint density at radius 3 is 2.74 bits per heavy atom. The van der Waals surface area contributed by atoms with Gasteiger partial charge in [-0.2, -0.15) is 0 Å². The highest BCUT2D eigenvalue weighted by Crippen LogP contribution is 2.27. The first-order valence-corrected chi connectivity index (χ1v) is 6.12. The summed E-state index contributed by atoms with van der Waals surface area (Å²) in [6.07, 6.45) is 0. The fourth-order valence-corrected chi connectivity index (χ4v) is 2.06. The Bertz CT molecular complexity index is 724. The molecule has 0 unspecified atom stereocenters. The van der Waals surface area contributed by atoms with Crippen molar-refractivity contribution in [3.05, 3.63) is 48.3 Å². The molecule has 1 aliphatic carbocycles. The van der Waals surface area contributed by atoms with E-state index in [0.717, 1.165) is 16.5 Å². The Labute approximate surface area is 110 Å². The van der Waals surface area contributed by atoms with Gasteiger partial charge in [0.2, 0.25) is 5.82 Å². The number of fused-ring (bicyclic) bond motifs is 3. The number of benzene rings is 1. The van der Waals surface area contributed by atoms with Gasteiger partial charge in [-0.25, -0.2) is 14.8 Å². The molecule has 0 amide bonds. The molecule has 0 saturated heterocycles. The van der Waals surface area contributed by atoms with Gasteiger partial charge in [-0.15, -0.1) is 0 Å². The molecule has 0 spiro atoms. The van der Waals surface area contributed by atoms with Crippen LogP contribution in [0.15, 0.2) is 42.5 Å². The Hall–Kier alpha value is -2.49. The SMILES string of the molecule is CCOC(=O)c1nc2cccc3ccccc3c-2n1. The van der Waals surface area contributed by atoms with Gasteiger partial charge in [-0.1, -0.05) is 36.4 Å². The molecule has 4 nitrogen and oxygen atoms in total. The molecular weight excluding hydrogens is 240 g/mol. The summed E-state index contributed by atoms with van der Waals surface area (Å²) in [5, 5.41) is 2.04. The third-order valence-electron chi connectivity index (χ3n) is 2.89. The van der Waals surface area contributed by atoms with Crippen LogP contribution in [0.25, 0.3) is 22.2 Å². The molecule has 19 heavy (non-hydrogen) atoms. The number of aromatic nitrogens is 2. The van der Waals surface area contributed by atoms with E-state index in [4.69, 9.17) is 4.74 Å². The number of esters is 1. The van der Waals surface area contributed by atoms with Gasteiger partial charge < -0.3 is 4.74 Å². The van der Waals surface area contributed by atoms with Crippen LogP contribution in [-0.2, 0) is 4.74 Å². The molecule has 1 aromatic rings. The molecule has 0 bridgehead atoms. The van der Waals surface area contributed by atoms with Crippen LogP contribution in [0.1, 0.15) is 17.5 Å². The van der Waals surface area contributed by atoms with Crippen LogP contribution in [-0.4, -0.2) is 22.5 Å². The molecule has 0 saturated carbocycles. The molecule has 3 rings (SSSR count). The Balaban J connectivity index is 2.24. The lowest BCUT2D eigenvalue weighted by molar-refractivity contribution is 0.0513. The van der Waals surface area contributed by atoms with Crippen molar-refractivity contribution >= 4 is 16.7 Å². The number of ether oxygens (including phenoxy) is 1.